The van der Waals surface area contributed by atoms with Gasteiger partial charge in [0, 0.05) is 31.2 Å². The van der Waals surface area contributed by atoms with Gasteiger partial charge in [-0.15, -0.1) is 0 Å². The van der Waals surface area contributed by atoms with E-state index in [1.54, 1.807) is 0 Å². The number of aryl methyl sites for hydroxylation is 1. The lowest BCUT2D eigenvalue weighted by molar-refractivity contribution is 0.206. The second-order valence-electron chi connectivity index (χ2n) is 6.27. The Labute approximate surface area is 110 Å². The summed E-state index contributed by atoms with van der Waals surface area (Å²) in [7, 11) is 0. The van der Waals surface area contributed by atoms with Crippen LogP contribution in [0.1, 0.15) is 56.4 Å². The molecular formula is C15H25N3. The highest BCUT2D eigenvalue weighted by atomic mass is 15.1. The van der Waals surface area contributed by atoms with Crippen molar-refractivity contribution in [2.24, 2.45) is 11.8 Å². The first kappa shape index (κ1) is 12.2. The number of fused-ring (bicyclic) bond motifs is 1. The number of imidazole rings is 1. The molecule has 3 nitrogen and oxygen atoms in total. The van der Waals surface area contributed by atoms with Gasteiger partial charge in [-0.3, -0.25) is 0 Å². The maximum Gasteiger partial charge on any atom is 0.106 e. The van der Waals surface area contributed by atoms with Gasteiger partial charge in [-0.2, -0.15) is 0 Å². The highest BCUT2D eigenvalue weighted by Crippen LogP contribution is 2.38. The van der Waals surface area contributed by atoms with Crippen LogP contribution in [-0.2, 0) is 13.0 Å². The zero-order chi connectivity index (χ0) is 12.7. The van der Waals surface area contributed by atoms with Crippen molar-refractivity contribution in [1.29, 1.82) is 0 Å². The fraction of sp³-hybridized carbons (Fsp3) is 0.800. The van der Waals surface area contributed by atoms with Crippen molar-refractivity contribution in [1.82, 2.24) is 14.9 Å². The van der Waals surface area contributed by atoms with E-state index in [9.17, 15) is 0 Å². The van der Waals surface area contributed by atoms with E-state index in [4.69, 9.17) is 4.98 Å². The number of hydrogen-bond acceptors (Lipinski definition) is 2. The Morgan fingerprint density at radius 2 is 2.06 bits per heavy atom. The molecule has 0 aromatic carbocycles. The van der Waals surface area contributed by atoms with Gasteiger partial charge in [0.15, 0.2) is 0 Å². The van der Waals surface area contributed by atoms with Crippen LogP contribution in [0.5, 0.6) is 0 Å². The molecule has 1 aromatic heterocycles. The average Bonchev–Trinajstić information content (AvgIpc) is 2.69. The summed E-state index contributed by atoms with van der Waals surface area (Å²) >= 11 is 0. The Balaban J connectivity index is 1.90. The van der Waals surface area contributed by atoms with Crippen molar-refractivity contribution < 1.29 is 0 Å². The number of rotatable bonds is 1. The highest BCUT2D eigenvalue weighted by Gasteiger charge is 2.29. The van der Waals surface area contributed by atoms with Gasteiger partial charge in [0.25, 0.3) is 0 Å². The molecule has 1 aromatic rings. The van der Waals surface area contributed by atoms with E-state index in [1.165, 1.54) is 36.5 Å². The van der Waals surface area contributed by atoms with Gasteiger partial charge in [-0.25, -0.2) is 4.98 Å². The smallest absolute Gasteiger partial charge is 0.106 e. The fourth-order valence-electron chi connectivity index (χ4n) is 3.71. The molecule has 0 saturated heterocycles. The Morgan fingerprint density at radius 1 is 1.22 bits per heavy atom. The van der Waals surface area contributed by atoms with Crippen LogP contribution in [0.2, 0.25) is 0 Å². The van der Waals surface area contributed by atoms with Crippen molar-refractivity contribution in [3.8, 4) is 0 Å². The van der Waals surface area contributed by atoms with Crippen LogP contribution >= 0.6 is 0 Å². The maximum absolute atomic E-state index is 4.77. The summed E-state index contributed by atoms with van der Waals surface area (Å²) in [6.07, 6.45) is 5.19. The molecule has 100 valence electrons. The largest absolute Gasteiger partial charge is 0.329 e. The zero-order valence-electron chi connectivity index (χ0n) is 11.9. The molecule has 0 amide bonds. The van der Waals surface area contributed by atoms with Gasteiger partial charge in [0.1, 0.15) is 5.82 Å². The van der Waals surface area contributed by atoms with Crippen molar-refractivity contribution in [2.45, 2.75) is 59.0 Å². The van der Waals surface area contributed by atoms with Crippen LogP contribution in [0, 0.1) is 18.8 Å². The molecule has 1 aliphatic heterocycles. The van der Waals surface area contributed by atoms with Crippen LogP contribution in [0.25, 0.3) is 0 Å². The Kier molecular flexibility index (Phi) is 3.18. The predicted octanol–water partition coefficient (Wildman–Crippen LogP) is 2.83. The second-order valence-corrected chi connectivity index (χ2v) is 6.27. The first-order valence-corrected chi connectivity index (χ1v) is 7.44. The second kappa shape index (κ2) is 4.69. The molecule has 0 spiro atoms. The van der Waals surface area contributed by atoms with Crippen LogP contribution in [0.3, 0.4) is 0 Å². The van der Waals surface area contributed by atoms with Crippen molar-refractivity contribution in [2.75, 3.05) is 6.54 Å². The predicted molar refractivity (Wildman–Crippen MR) is 73.6 cm³/mol. The molecule has 1 saturated carbocycles. The normalized spacial score (nSPS) is 32.3. The molecular weight excluding hydrogens is 222 g/mol. The van der Waals surface area contributed by atoms with E-state index in [0.29, 0.717) is 6.04 Å². The van der Waals surface area contributed by atoms with E-state index in [2.05, 4.69) is 30.7 Å². The van der Waals surface area contributed by atoms with E-state index >= 15 is 0 Å². The third-order valence-corrected chi connectivity index (χ3v) is 5.04. The molecule has 0 radical (unpaired) electrons. The van der Waals surface area contributed by atoms with E-state index in [1.807, 2.05) is 0 Å². The Hall–Kier alpha value is -0.830. The monoisotopic (exact) mass is 247 g/mol. The minimum atomic E-state index is 0.700. The third kappa shape index (κ3) is 1.99. The number of aromatic nitrogens is 2. The fourth-order valence-corrected chi connectivity index (χ4v) is 3.71. The minimum absolute atomic E-state index is 0.700. The van der Waals surface area contributed by atoms with Crippen LogP contribution in [0.4, 0.5) is 0 Å². The molecule has 3 rings (SSSR count). The molecule has 3 atom stereocenters. The van der Waals surface area contributed by atoms with Gasteiger partial charge in [0.2, 0.25) is 0 Å². The topological polar surface area (TPSA) is 29.9 Å². The van der Waals surface area contributed by atoms with Crippen molar-refractivity contribution >= 4 is 0 Å². The van der Waals surface area contributed by atoms with E-state index in [0.717, 1.165) is 31.3 Å². The molecule has 1 fully saturated rings. The molecule has 2 heterocycles. The summed E-state index contributed by atoms with van der Waals surface area (Å²) in [5.41, 5.74) is 2.81. The number of nitrogens with zero attached hydrogens (tertiary/aromatic N) is 2. The summed E-state index contributed by atoms with van der Waals surface area (Å²) < 4.78 is 2.57. The van der Waals surface area contributed by atoms with Gasteiger partial charge >= 0.3 is 0 Å². The van der Waals surface area contributed by atoms with E-state index < -0.39 is 0 Å². The summed E-state index contributed by atoms with van der Waals surface area (Å²) in [6, 6.07) is 0.700. The lowest BCUT2D eigenvalue weighted by Gasteiger charge is -2.34. The van der Waals surface area contributed by atoms with Gasteiger partial charge in [-0.05, 0) is 38.0 Å². The molecule has 18 heavy (non-hydrogen) atoms. The van der Waals surface area contributed by atoms with Crippen LogP contribution < -0.4 is 5.32 Å². The van der Waals surface area contributed by atoms with Gasteiger partial charge < -0.3 is 9.88 Å². The SMILES string of the molecule is Cc1nc2c(n1C1CCC(C)C(C)C1)CCNC2. The number of nitrogens with one attached hydrogen (secondary N) is 1. The minimum Gasteiger partial charge on any atom is -0.329 e. The summed E-state index contributed by atoms with van der Waals surface area (Å²) in [5, 5.41) is 3.42. The van der Waals surface area contributed by atoms with Crippen molar-refractivity contribution in [3.05, 3.63) is 17.2 Å². The summed E-state index contributed by atoms with van der Waals surface area (Å²) in [6.45, 7) is 9.07. The Bertz CT molecular complexity index is 435. The van der Waals surface area contributed by atoms with Crippen LogP contribution in [-0.4, -0.2) is 16.1 Å². The van der Waals surface area contributed by atoms with Gasteiger partial charge in [0.05, 0.1) is 5.69 Å². The summed E-state index contributed by atoms with van der Waals surface area (Å²) in [5.74, 6) is 2.97. The molecule has 1 aliphatic carbocycles. The molecule has 0 bridgehead atoms. The Morgan fingerprint density at radius 3 is 2.83 bits per heavy atom. The number of hydrogen-bond donors (Lipinski definition) is 1. The standard InChI is InChI=1S/C15H25N3/c1-10-4-5-13(8-11(10)2)18-12(3)17-14-9-16-7-6-15(14)18/h10-11,13,16H,4-9H2,1-3H3. The van der Waals surface area contributed by atoms with Crippen LogP contribution in [0.15, 0.2) is 0 Å². The third-order valence-electron chi connectivity index (χ3n) is 5.04. The average molecular weight is 247 g/mol. The zero-order valence-corrected chi connectivity index (χ0v) is 11.9. The van der Waals surface area contributed by atoms with Gasteiger partial charge in [-0.1, -0.05) is 13.8 Å². The first-order valence-electron chi connectivity index (χ1n) is 7.44. The molecule has 1 N–H and O–H groups in total. The highest BCUT2D eigenvalue weighted by molar-refractivity contribution is 5.21. The summed E-state index contributed by atoms with van der Waals surface area (Å²) in [4.78, 5) is 4.77. The maximum atomic E-state index is 4.77. The molecule has 2 aliphatic rings. The lowest BCUT2D eigenvalue weighted by atomic mass is 9.79. The molecule has 3 unspecified atom stereocenters. The quantitative estimate of drug-likeness (QED) is 0.827. The van der Waals surface area contributed by atoms with Crippen molar-refractivity contribution in [3.63, 3.8) is 0 Å². The first-order chi connectivity index (χ1) is 8.66. The molecule has 3 heteroatoms. The lowest BCUT2D eigenvalue weighted by Crippen LogP contribution is -2.28. The van der Waals surface area contributed by atoms with E-state index in [-0.39, 0.29) is 0 Å².